The first-order valence-electron chi connectivity index (χ1n) is 9.01. The second kappa shape index (κ2) is 9.33. The van der Waals surface area contributed by atoms with Crippen molar-refractivity contribution in [3.63, 3.8) is 0 Å². The molecule has 0 unspecified atom stereocenters. The lowest BCUT2D eigenvalue weighted by Gasteiger charge is -2.17. The van der Waals surface area contributed by atoms with E-state index in [9.17, 15) is 0 Å². The molecule has 0 saturated carbocycles. The van der Waals surface area contributed by atoms with Gasteiger partial charge in [-0.2, -0.15) is 9.78 Å². The Morgan fingerprint density at radius 1 is 1.20 bits per heavy atom. The van der Waals surface area contributed by atoms with Gasteiger partial charge in [0.25, 0.3) is 0 Å². The first-order chi connectivity index (χ1) is 14.3. The largest absolute Gasteiger partial charge is 0.493 e. The van der Waals surface area contributed by atoms with Crippen molar-refractivity contribution in [3.05, 3.63) is 46.8 Å². The number of aromatic nitrogens is 2. The van der Waals surface area contributed by atoms with Crippen LogP contribution in [0.2, 0.25) is 0 Å². The average molecular weight is 445 g/mol. The lowest BCUT2D eigenvalue weighted by atomic mass is 10.1. The Hall–Kier alpha value is -2.82. The first kappa shape index (κ1) is 21.9. The SMILES string of the molecule is COc1cc(CC(=N)n2nc(-c3cccc(N)c3)sc2=N)c(SN(C)C)cc1OC. The van der Waals surface area contributed by atoms with Crippen molar-refractivity contribution < 1.29 is 9.47 Å². The zero-order valence-electron chi connectivity index (χ0n) is 17.2. The fourth-order valence-electron chi connectivity index (χ4n) is 2.84. The minimum absolute atomic E-state index is 0.180. The van der Waals surface area contributed by atoms with Gasteiger partial charge in [-0.25, -0.2) is 0 Å². The Bertz CT molecular complexity index is 1120. The smallest absolute Gasteiger partial charge is 0.206 e. The summed E-state index contributed by atoms with van der Waals surface area (Å²) in [7, 11) is 7.08. The number of benzene rings is 2. The van der Waals surface area contributed by atoms with E-state index in [1.165, 1.54) is 28.0 Å². The number of ether oxygens (including phenoxy) is 2. The highest BCUT2D eigenvalue weighted by Gasteiger charge is 2.17. The number of nitrogens with zero attached hydrogens (tertiary/aromatic N) is 3. The first-order valence-corrected chi connectivity index (χ1v) is 10.6. The number of nitrogens with two attached hydrogens (primary N) is 1. The molecule has 158 valence electrons. The zero-order chi connectivity index (χ0) is 21.8. The summed E-state index contributed by atoms with van der Waals surface area (Å²) >= 11 is 2.74. The van der Waals surface area contributed by atoms with Crippen molar-refractivity contribution in [3.8, 4) is 22.1 Å². The molecule has 0 saturated heterocycles. The summed E-state index contributed by atoms with van der Waals surface area (Å²) in [6.07, 6.45) is 0.285. The summed E-state index contributed by atoms with van der Waals surface area (Å²) in [5.74, 6) is 1.42. The highest BCUT2D eigenvalue weighted by molar-refractivity contribution is 7.97. The minimum Gasteiger partial charge on any atom is -0.493 e. The fourth-order valence-corrected chi connectivity index (χ4v) is 4.43. The Morgan fingerprint density at radius 3 is 2.53 bits per heavy atom. The molecular weight excluding hydrogens is 420 g/mol. The Labute approximate surface area is 183 Å². The number of nitrogens with one attached hydrogen (secondary N) is 2. The van der Waals surface area contributed by atoms with Crippen molar-refractivity contribution in [1.29, 1.82) is 10.8 Å². The second-order valence-corrected chi connectivity index (χ2v) is 8.92. The zero-order valence-corrected chi connectivity index (χ0v) is 18.9. The Kier molecular flexibility index (Phi) is 6.80. The van der Waals surface area contributed by atoms with E-state index >= 15 is 0 Å². The van der Waals surface area contributed by atoms with Gasteiger partial charge < -0.3 is 15.2 Å². The molecule has 0 bridgehead atoms. The maximum atomic E-state index is 8.60. The van der Waals surface area contributed by atoms with Gasteiger partial charge >= 0.3 is 0 Å². The van der Waals surface area contributed by atoms with Crippen molar-refractivity contribution in [2.24, 2.45) is 0 Å². The normalized spacial score (nSPS) is 11.0. The highest BCUT2D eigenvalue weighted by atomic mass is 32.2. The van der Waals surface area contributed by atoms with Crippen molar-refractivity contribution >= 4 is 34.8 Å². The van der Waals surface area contributed by atoms with Crippen molar-refractivity contribution in [2.75, 3.05) is 34.0 Å². The average Bonchev–Trinajstić information content (AvgIpc) is 3.10. The van der Waals surface area contributed by atoms with Crippen LogP contribution in [0, 0.1) is 10.8 Å². The standard InChI is InChI=1S/C20H24N6O2S2/c1-25(2)30-17-11-16(28-4)15(27-3)9-13(17)10-18(22)26-20(23)29-19(24-26)12-6-5-7-14(21)8-12/h5-9,11,22-23H,10,21H2,1-4H3. The van der Waals surface area contributed by atoms with Gasteiger partial charge in [0.1, 0.15) is 10.8 Å². The van der Waals surface area contributed by atoms with Crippen LogP contribution in [-0.2, 0) is 6.42 Å². The molecule has 10 heteroatoms. The van der Waals surface area contributed by atoms with Gasteiger partial charge in [0.05, 0.1) is 14.2 Å². The van der Waals surface area contributed by atoms with Gasteiger partial charge in [-0.05, 0) is 55.9 Å². The van der Waals surface area contributed by atoms with E-state index in [0.717, 1.165) is 16.0 Å². The third kappa shape index (κ3) is 4.84. The van der Waals surface area contributed by atoms with E-state index in [1.807, 2.05) is 48.7 Å². The van der Waals surface area contributed by atoms with E-state index < -0.39 is 0 Å². The van der Waals surface area contributed by atoms with Crippen LogP contribution in [0.3, 0.4) is 0 Å². The lowest BCUT2D eigenvalue weighted by Crippen LogP contribution is -2.25. The van der Waals surface area contributed by atoms with Gasteiger partial charge in [-0.15, -0.1) is 0 Å². The van der Waals surface area contributed by atoms with Gasteiger partial charge in [0, 0.05) is 22.6 Å². The third-order valence-corrected chi connectivity index (χ3v) is 5.99. The topological polar surface area (TPSA) is 113 Å². The molecule has 0 atom stereocenters. The molecule has 0 fully saturated rings. The van der Waals surface area contributed by atoms with Crippen LogP contribution in [0.15, 0.2) is 41.3 Å². The number of methoxy groups -OCH3 is 2. The van der Waals surface area contributed by atoms with E-state index in [4.69, 9.17) is 26.0 Å². The van der Waals surface area contributed by atoms with Gasteiger partial charge in [-0.3, -0.25) is 15.1 Å². The van der Waals surface area contributed by atoms with E-state index in [-0.39, 0.29) is 17.1 Å². The summed E-state index contributed by atoms with van der Waals surface area (Å²) < 4.78 is 14.2. The number of hydrogen-bond donors (Lipinski definition) is 3. The molecule has 2 aromatic carbocycles. The van der Waals surface area contributed by atoms with Gasteiger partial charge in [-0.1, -0.05) is 23.5 Å². The molecule has 0 aliphatic heterocycles. The summed E-state index contributed by atoms with van der Waals surface area (Å²) in [4.78, 5) is 1.13. The van der Waals surface area contributed by atoms with Crippen LogP contribution in [0.1, 0.15) is 5.56 Å². The summed E-state index contributed by atoms with van der Waals surface area (Å²) in [6, 6.07) is 11.1. The fraction of sp³-hybridized carbons (Fsp3) is 0.250. The molecule has 3 aromatic rings. The molecule has 4 N–H and O–H groups in total. The van der Waals surface area contributed by atoms with E-state index in [0.29, 0.717) is 22.2 Å². The molecule has 1 aromatic heterocycles. The Balaban J connectivity index is 1.95. The van der Waals surface area contributed by atoms with Crippen LogP contribution in [0.5, 0.6) is 11.5 Å². The molecule has 0 amide bonds. The summed E-state index contributed by atoms with van der Waals surface area (Å²) in [5, 5.41) is 22.0. The second-order valence-electron chi connectivity index (χ2n) is 6.59. The predicted molar refractivity (Wildman–Crippen MR) is 122 cm³/mol. The molecule has 8 nitrogen and oxygen atoms in total. The number of rotatable bonds is 7. The van der Waals surface area contributed by atoms with Gasteiger partial charge in [0.2, 0.25) is 4.80 Å². The summed E-state index contributed by atoms with van der Waals surface area (Å²) in [5.41, 5.74) is 8.21. The van der Waals surface area contributed by atoms with Crippen LogP contribution in [0.25, 0.3) is 10.6 Å². The van der Waals surface area contributed by atoms with E-state index in [1.54, 1.807) is 20.3 Å². The number of hydrogen-bond acceptors (Lipinski definition) is 9. The molecule has 1 heterocycles. The minimum atomic E-state index is 0.180. The molecule has 0 aliphatic carbocycles. The molecule has 0 spiro atoms. The van der Waals surface area contributed by atoms with E-state index in [2.05, 4.69) is 5.10 Å². The van der Waals surface area contributed by atoms with Crippen LogP contribution >= 0.6 is 23.3 Å². The van der Waals surface area contributed by atoms with Gasteiger partial charge in [0.15, 0.2) is 11.5 Å². The molecular formula is C20H24N6O2S2. The third-order valence-electron chi connectivity index (χ3n) is 4.17. The molecule has 3 rings (SSSR count). The molecule has 0 radical (unpaired) electrons. The van der Waals surface area contributed by atoms with Crippen LogP contribution in [0.4, 0.5) is 5.69 Å². The quantitative estimate of drug-likeness (QED) is 0.223. The number of nitrogen functional groups attached to an aromatic ring is 1. The maximum absolute atomic E-state index is 8.60. The van der Waals surface area contributed by atoms with Crippen LogP contribution in [-0.4, -0.2) is 48.2 Å². The predicted octanol–water partition coefficient (Wildman–Crippen LogP) is 3.33. The monoisotopic (exact) mass is 444 g/mol. The number of anilines is 1. The maximum Gasteiger partial charge on any atom is 0.206 e. The van der Waals surface area contributed by atoms with Crippen molar-refractivity contribution in [1.82, 2.24) is 14.1 Å². The lowest BCUT2D eigenvalue weighted by molar-refractivity contribution is 0.353. The molecule has 30 heavy (non-hydrogen) atoms. The van der Waals surface area contributed by atoms with Crippen molar-refractivity contribution in [2.45, 2.75) is 11.3 Å². The highest BCUT2D eigenvalue weighted by Crippen LogP contribution is 2.36. The van der Waals surface area contributed by atoms with Crippen LogP contribution < -0.4 is 20.0 Å². The Morgan fingerprint density at radius 2 is 1.90 bits per heavy atom. The summed E-state index contributed by atoms with van der Waals surface area (Å²) in [6.45, 7) is 0. The molecule has 0 aliphatic rings.